The first-order chi connectivity index (χ1) is 17.0. The molecule has 0 saturated carbocycles. The molecule has 0 spiro atoms. The quantitative estimate of drug-likeness (QED) is 0.296. The van der Waals surface area contributed by atoms with E-state index < -0.39 is 0 Å². The lowest BCUT2D eigenvalue weighted by Gasteiger charge is -2.09. The molecule has 2 heterocycles. The number of nitrogens with zero attached hydrogens (tertiary/aromatic N) is 4. The lowest BCUT2D eigenvalue weighted by Crippen LogP contribution is -2.19. The number of nitrogens with one attached hydrogen (secondary N) is 2. The van der Waals surface area contributed by atoms with E-state index in [1.807, 2.05) is 78.4 Å². The summed E-state index contributed by atoms with van der Waals surface area (Å²) in [6.07, 6.45) is 3.56. The SMILES string of the molecule is Cc1ccc(NC(=O)Nc2ccc(Cn3cnc(-c4nc(-c5ccc(Cl)cc5)no4)c3)cc2)cc1. The number of rotatable bonds is 6. The Morgan fingerprint density at radius 3 is 2.29 bits per heavy atom. The first-order valence-electron chi connectivity index (χ1n) is 10.9. The Morgan fingerprint density at radius 1 is 0.943 bits per heavy atom. The average Bonchev–Trinajstić information content (AvgIpc) is 3.52. The van der Waals surface area contributed by atoms with Gasteiger partial charge in [0, 0.05) is 34.7 Å². The van der Waals surface area contributed by atoms with E-state index in [0.29, 0.717) is 34.7 Å². The van der Waals surface area contributed by atoms with Gasteiger partial charge in [-0.15, -0.1) is 0 Å². The third-order valence-electron chi connectivity index (χ3n) is 5.27. The largest absolute Gasteiger partial charge is 0.332 e. The number of benzene rings is 3. The third-order valence-corrected chi connectivity index (χ3v) is 5.52. The molecule has 35 heavy (non-hydrogen) atoms. The number of halogens is 1. The number of aromatic nitrogens is 4. The molecule has 0 aliphatic rings. The number of aryl methyl sites for hydroxylation is 1. The Bertz CT molecular complexity index is 1440. The maximum atomic E-state index is 12.2. The molecule has 0 aliphatic heterocycles. The number of urea groups is 1. The monoisotopic (exact) mass is 484 g/mol. The van der Waals surface area contributed by atoms with Gasteiger partial charge in [-0.3, -0.25) is 0 Å². The van der Waals surface area contributed by atoms with Gasteiger partial charge in [0.05, 0.1) is 6.33 Å². The first-order valence-corrected chi connectivity index (χ1v) is 11.2. The molecule has 0 atom stereocenters. The third kappa shape index (κ3) is 5.56. The fraction of sp³-hybridized carbons (Fsp3) is 0.0769. The molecular weight excluding hydrogens is 464 g/mol. The second kappa shape index (κ2) is 9.82. The zero-order chi connectivity index (χ0) is 24.2. The lowest BCUT2D eigenvalue weighted by molar-refractivity contribution is 0.262. The molecule has 5 rings (SSSR count). The summed E-state index contributed by atoms with van der Waals surface area (Å²) in [5.74, 6) is 0.813. The van der Waals surface area contributed by atoms with E-state index in [2.05, 4.69) is 25.8 Å². The number of imidazole rings is 1. The van der Waals surface area contributed by atoms with E-state index in [1.165, 1.54) is 0 Å². The number of amides is 2. The van der Waals surface area contributed by atoms with Gasteiger partial charge in [-0.25, -0.2) is 9.78 Å². The van der Waals surface area contributed by atoms with E-state index in [9.17, 15) is 4.79 Å². The minimum absolute atomic E-state index is 0.293. The Kier molecular flexibility index (Phi) is 6.28. The smallest absolute Gasteiger partial charge is 0.323 e. The Balaban J connectivity index is 1.19. The zero-order valence-electron chi connectivity index (χ0n) is 18.8. The van der Waals surface area contributed by atoms with Crippen LogP contribution in [0.25, 0.3) is 23.0 Å². The highest BCUT2D eigenvalue weighted by atomic mass is 35.5. The van der Waals surface area contributed by atoms with Crippen LogP contribution in [0.4, 0.5) is 16.2 Å². The van der Waals surface area contributed by atoms with Gasteiger partial charge in [0.25, 0.3) is 5.89 Å². The van der Waals surface area contributed by atoms with Crippen molar-refractivity contribution < 1.29 is 9.32 Å². The summed E-state index contributed by atoms with van der Waals surface area (Å²) >= 11 is 5.94. The molecule has 2 amide bonds. The van der Waals surface area contributed by atoms with Crippen molar-refractivity contribution in [1.82, 2.24) is 19.7 Å². The van der Waals surface area contributed by atoms with E-state index in [4.69, 9.17) is 16.1 Å². The predicted octanol–water partition coefficient (Wildman–Crippen LogP) is 6.25. The van der Waals surface area contributed by atoms with Gasteiger partial charge in [0.2, 0.25) is 5.82 Å². The molecule has 2 aromatic heterocycles. The average molecular weight is 485 g/mol. The molecule has 9 heteroatoms. The molecule has 0 bridgehead atoms. The number of carbonyl (C=O) groups is 1. The second-order valence-corrected chi connectivity index (χ2v) is 8.44. The molecule has 2 N–H and O–H groups in total. The molecule has 0 aliphatic carbocycles. The topological polar surface area (TPSA) is 97.9 Å². The molecule has 0 unspecified atom stereocenters. The van der Waals surface area contributed by atoms with Crippen molar-refractivity contribution in [1.29, 1.82) is 0 Å². The van der Waals surface area contributed by atoms with E-state index in [1.54, 1.807) is 18.5 Å². The van der Waals surface area contributed by atoms with E-state index in [0.717, 1.165) is 22.4 Å². The van der Waals surface area contributed by atoms with Gasteiger partial charge in [0.1, 0.15) is 5.69 Å². The molecule has 5 aromatic rings. The first kappa shape index (κ1) is 22.4. The number of anilines is 2. The number of hydrogen-bond donors (Lipinski definition) is 2. The summed E-state index contributed by atoms with van der Waals surface area (Å²) in [6.45, 7) is 2.60. The Labute approximate surface area is 206 Å². The van der Waals surface area contributed by atoms with Crippen molar-refractivity contribution in [3.05, 3.63) is 101 Å². The highest BCUT2D eigenvalue weighted by Crippen LogP contribution is 2.23. The van der Waals surface area contributed by atoms with Crippen molar-refractivity contribution in [3.63, 3.8) is 0 Å². The maximum Gasteiger partial charge on any atom is 0.323 e. The highest BCUT2D eigenvalue weighted by Gasteiger charge is 2.13. The van der Waals surface area contributed by atoms with Crippen molar-refractivity contribution in [2.24, 2.45) is 0 Å². The van der Waals surface area contributed by atoms with Crippen LogP contribution in [0.1, 0.15) is 11.1 Å². The van der Waals surface area contributed by atoms with Crippen LogP contribution in [-0.2, 0) is 6.54 Å². The Morgan fingerprint density at radius 2 is 1.60 bits per heavy atom. The van der Waals surface area contributed by atoms with Crippen LogP contribution in [0.2, 0.25) is 5.02 Å². The second-order valence-electron chi connectivity index (χ2n) is 8.00. The minimum Gasteiger partial charge on any atom is -0.332 e. The van der Waals surface area contributed by atoms with Gasteiger partial charge < -0.3 is 19.7 Å². The van der Waals surface area contributed by atoms with E-state index >= 15 is 0 Å². The van der Waals surface area contributed by atoms with Gasteiger partial charge in [0.15, 0.2) is 0 Å². The fourth-order valence-corrected chi connectivity index (χ4v) is 3.56. The van der Waals surface area contributed by atoms with E-state index in [-0.39, 0.29) is 6.03 Å². The number of carbonyl (C=O) groups excluding carboxylic acids is 1. The summed E-state index contributed by atoms with van der Waals surface area (Å²) in [6, 6.07) is 22.2. The molecule has 0 radical (unpaired) electrons. The van der Waals surface area contributed by atoms with Crippen LogP contribution in [0.5, 0.6) is 0 Å². The summed E-state index contributed by atoms with van der Waals surface area (Å²) in [7, 11) is 0. The normalized spacial score (nSPS) is 10.8. The molecule has 0 fully saturated rings. The summed E-state index contributed by atoms with van der Waals surface area (Å²) in [5, 5.41) is 10.3. The summed E-state index contributed by atoms with van der Waals surface area (Å²) in [5.41, 5.74) is 5.02. The molecule has 3 aromatic carbocycles. The van der Waals surface area contributed by atoms with Crippen molar-refractivity contribution >= 4 is 29.0 Å². The van der Waals surface area contributed by atoms with Crippen LogP contribution in [-0.4, -0.2) is 25.7 Å². The molecular formula is C26H21ClN6O2. The zero-order valence-corrected chi connectivity index (χ0v) is 19.5. The van der Waals surface area contributed by atoms with Crippen LogP contribution < -0.4 is 10.6 Å². The van der Waals surface area contributed by atoms with Crippen molar-refractivity contribution in [2.75, 3.05) is 10.6 Å². The Hall–Kier alpha value is -4.43. The van der Waals surface area contributed by atoms with Gasteiger partial charge in [-0.2, -0.15) is 4.98 Å². The van der Waals surface area contributed by atoms with Gasteiger partial charge in [-0.1, -0.05) is 46.6 Å². The van der Waals surface area contributed by atoms with Gasteiger partial charge in [-0.05, 0) is 61.0 Å². The number of hydrogen-bond acceptors (Lipinski definition) is 5. The van der Waals surface area contributed by atoms with Crippen molar-refractivity contribution in [2.45, 2.75) is 13.5 Å². The minimum atomic E-state index is -0.293. The maximum absolute atomic E-state index is 12.2. The predicted molar refractivity (Wildman–Crippen MR) is 135 cm³/mol. The van der Waals surface area contributed by atoms with Crippen LogP contribution >= 0.6 is 11.6 Å². The molecule has 0 saturated heterocycles. The highest BCUT2D eigenvalue weighted by molar-refractivity contribution is 6.30. The van der Waals surface area contributed by atoms with Crippen LogP contribution in [0.15, 0.2) is 89.8 Å². The molecule has 8 nitrogen and oxygen atoms in total. The summed E-state index contributed by atoms with van der Waals surface area (Å²) in [4.78, 5) is 21.0. The molecule has 174 valence electrons. The standard InChI is InChI=1S/C26H21ClN6O2/c1-17-2-10-21(11-3-17)29-26(34)30-22-12-4-18(5-13-22)14-33-15-23(28-16-33)25-31-24(32-35-25)19-6-8-20(27)9-7-19/h2-13,15-16H,14H2,1H3,(H2,29,30,34). The lowest BCUT2D eigenvalue weighted by atomic mass is 10.2. The van der Waals surface area contributed by atoms with Gasteiger partial charge >= 0.3 is 6.03 Å². The summed E-state index contributed by atoms with van der Waals surface area (Å²) < 4.78 is 7.31. The van der Waals surface area contributed by atoms with Crippen molar-refractivity contribution in [3.8, 4) is 23.0 Å². The fourth-order valence-electron chi connectivity index (χ4n) is 3.44. The van der Waals surface area contributed by atoms with Crippen LogP contribution in [0, 0.1) is 6.92 Å². The van der Waals surface area contributed by atoms with Crippen LogP contribution in [0.3, 0.4) is 0 Å².